The van der Waals surface area contributed by atoms with Crippen molar-refractivity contribution in [3.05, 3.63) is 23.1 Å². The van der Waals surface area contributed by atoms with Crippen molar-refractivity contribution in [1.29, 1.82) is 0 Å². The van der Waals surface area contributed by atoms with Crippen LogP contribution in [0.4, 0.5) is 0 Å². The monoisotopic (exact) mass is 256 g/mol. The second kappa shape index (κ2) is 4.70. The first kappa shape index (κ1) is 12.5. The summed E-state index contributed by atoms with van der Waals surface area (Å²) in [5.41, 5.74) is 0.0459. The summed E-state index contributed by atoms with van der Waals surface area (Å²) >= 11 is 5.65. The summed E-state index contributed by atoms with van der Waals surface area (Å²) in [5.74, 6) is 0.0706. The number of hydrogen-bond acceptors (Lipinski definition) is 3. The summed E-state index contributed by atoms with van der Waals surface area (Å²) in [6.45, 7) is 6.10. The predicted molar refractivity (Wildman–Crippen MR) is 66.2 cm³/mol. The van der Waals surface area contributed by atoms with Gasteiger partial charge >= 0.3 is 0 Å². The SMILES string of the molecule is CC1(C)CNCCC1NC(=O)c1ccc(Cl)o1. The molecule has 1 fully saturated rings. The van der Waals surface area contributed by atoms with E-state index in [0.29, 0.717) is 0 Å². The third-order valence-electron chi connectivity index (χ3n) is 3.24. The molecule has 1 unspecified atom stereocenters. The van der Waals surface area contributed by atoms with Crippen LogP contribution in [0, 0.1) is 5.41 Å². The van der Waals surface area contributed by atoms with Gasteiger partial charge in [0.25, 0.3) is 5.91 Å². The number of halogens is 1. The van der Waals surface area contributed by atoms with Crippen LogP contribution in [-0.2, 0) is 0 Å². The fourth-order valence-corrected chi connectivity index (χ4v) is 2.25. The molecule has 2 rings (SSSR count). The Hall–Kier alpha value is -1.00. The van der Waals surface area contributed by atoms with E-state index in [2.05, 4.69) is 24.5 Å². The highest BCUT2D eigenvalue weighted by atomic mass is 35.5. The minimum absolute atomic E-state index is 0.0459. The van der Waals surface area contributed by atoms with Crippen LogP contribution in [0.15, 0.2) is 16.5 Å². The van der Waals surface area contributed by atoms with Crippen LogP contribution in [0.3, 0.4) is 0 Å². The first-order valence-corrected chi connectivity index (χ1v) is 6.14. The third kappa shape index (κ3) is 2.82. The van der Waals surface area contributed by atoms with Crippen molar-refractivity contribution in [3.8, 4) is 0 Å². The first-order chi connectivity index (χ1) is 7.99. The predicted octanol–water partition coefficient (Wildman–Crippen LogP) is 2.05. The van der Waals surface area contributed by atoms with Crippen molar-refractivity contribution in [2.75, 3.05) is 13.1 Å². The van der Waals surface area contributed by atoms with E-state index < -0.39 is 0 Å². The fourth-order valence-electron chi connectivity index (χ4n) is 2.10. The maximum atomic E-state index is 11.9. The fraction of sp³-hybridized carbons (Fsp3) is 0.583. The summed E-state index contributed by atoms with van der Waals surface area (Å²) in [5, 5.41) is 6.57. The molecule has 0 spiro atoms. The molecule has 1 amide bonds. The highest BCUT2D eigenvalue weighted by Gasteiger charge is 2.33. The number of nitrogens with one attached hydrogen (secondary N) is 2. The molecule has 0 radical (unpaired) electrons. The Morgan fingerprint density at radius 1 is 1.59 bits per heavy atom. The van der Waals surface area contributed by atoms with E-state index >= 15 is 0 Å². The molecule has 1 saturated heterocycles. The molecule has 1 atom stereocenters. The maximum absolute atomic E-state index is 11.9. The van der Waals surface area contributed by atoms with Gasteiger partial charge in [0, 0.05) is 12.6 Å². The molecule has 2 heterocycles. The van der Waals surface area contributed by atoms with Crippen LogP contribution in [0.1, 0.15) is 30.8 Å². The number of rotatable bonds is 2. The first-order valence-electron chi connectivity index (χ1n) is 5.76. The molecule has 17 heavy (non-hydrogen) atoms. The van der Waals surface area contributed by atoms with Gasteiger partial charge in [-0.15, -0.1) is 0 Å². The van der Waals surface area contributed by atoms with Gasteiger partial charge in [-0.25, -0.2) is 0 Å². The number of carbonyl (C=O) groups is 1. The van der Waals surface area contributed by atoms with Gasteiger partial charge in [0.1, 0.15) is 0 Å². The van der Waals surface area contributed by atoms with Gasteiger partial charge in [-0.2, -0.15) is 0 Å². The van der Waals surface area contributed by atoms with Crippen molar-refractivity contribution >= 4 is 17.5 Å². The summed E-state index contributed by atoms with van der Waals surface area (Å²) in [6, 6.07) is 3.32. The minimum Gasteiger partial charge on any atom is -0.440 e. The Morgan fingerprint density at radius 3 is 2.94 bits per heavy atom. The zero-order valence-corrected chi connectivity index (χ0v) is 10.8. The number of hydrogen-bond donors (Lipinski definition) is 2. The second-order valence-corrected chi connectivity index (χ2v) is 5.46. The lowest BCUT2D eigenvalue weighted by Gasteiger charge is -2.39. The molecule has 1 aromatic heterocycles. The summed E-state index contributed by atoms with van der Waals surface area (Å²) in [6.07, 6.45) is 0.924. The summed E-state index contributed by atoms with van der Waals surface area (Å²) in [4.78, 5) is 11.9. The molecule has 0 bridgehead atoms. The molecule has 2 N–H and O–H groups in total. The largest absolute Gasteiger partial charge is 0.440 e. The molecule has 94 valence electrons. The van der Waals surface area contributed by atoms with Gasteiger partial charge in [0.2, 0.25) is 0 Å². The van der Waals surface area contributed by atoms with Crippen LogP contribution in [0.25, 0.3) is 0 Å². The Bertz CT molecular complexity index is 414. The molecular formula is C12H17ClN2O2. The number of piperidine rings is 1. The number of amides is 1. The molecule has 1 aliphatic heterocycles. The normalized spacial score (nSPS) is 23.4. The highest BCUT2D eigenvalue weighted by molar-refractivity contribution is 6.29. The number of furan rings is 1. The molecule has 0 saturated carbocycles. The Balaban J connectivity index is 2.03. The van der Waals surface area contributed by atoms with Crippen molar-refractivity contribution in [2.45, 2.75) is 26.3 Å². The standard InChI is InChI=1S/C12H17ClN2O2/c1-12(2)7-14-6-5-9(12)15-11(16)8-3-4-10(13)17-8/h3-4,9,14H,5-7H2,1-2H3,(H,15,16). The van der Waals surface area contributed by atoms with E-state index in [1.807, 2.05) is 0 Å². The van der Waals surface area contributed by atoms with Crippen LogP contribution in [0.5, 0.6) is 0 Å². The van der Waals surface area contributed by atoms with Gasteiger partial charge < -0.3 is 15.1 Å². The third-order valence-corrected chi connectivity index (χ3v) is 3.44. The lowest BCUT2D eigenvalue weighted by molar-refractivity contribution is 0.0841. The minimum atomic E-state index is -0.197. The highest BCUT2D eigenvalue weighted by Crippen LogP contribution is 2.25. The molecule has 0 aromatic carbocycles. The van der Waals surface area contributed by atoms with Gasteiger partial charge in [0.15, 0.2) is 11.0 Å². The van der Waals surface area contributed by atoms with Crippen LogP contribution < -0.4 is 10.6 Å². The lowest BCUT2D eigenvalue weighted by Crippen LogP contribution is -2.54. The summed E-state index contributed by atoms with van der Waals surface area (Å²) < 4.78 is 5.09. The van der Waals surface area contributed by atoms with Crippen molar-refractivity contribution in [3.63, 3.8) is 0 Å². The topological polar surface area (TPSA) is 54.3 Å². The van der Waals surface area contributed by atoms with E-state index in [0.717, 1.165) is 19.5 Å². The molecular weight excluding hydrogens is 240 g/mol. The molecule has 1 aromatic rings. The van der Waals surface area contributed by atoms with Crippen LogP contribution in [-0.4, -0.2) is 25.0 Å². The average molecular weight is 257 g/mol. The molecule has 0 aliphatic carbocycles. The zero-order chi connectivity index (χ0) is 12.5. The van der Waals surface area contributed by atoms with Gasteiger partial charge in [0.05, 0.1) is 0 Å². The average Bonchev–Trinajstić information content (AvgIpc) is 2.68. The van der Waals surface area contributed by atoms with E-state index in [-0.39, 0.29) is 28.3 Å². The molecule has 1 aliphatic rings. The van der Waals surface area contributed by atoms with Crippen molar-refractivity contribution in [2.24, 2.45) is 5.41 Å². The molecule has 5 heteroatoms. The summed E-state index contributed by atoms with van der Waals surface area (Å²) in [7, 11) is 0. The quantitative estimate of drug-likeness (QED) is 0.852. The van der Waals surface area contributed by atoms with E-state index in [1.54, 1.807) is 12.1 Å². The van der Waals surface area contributed by atoms with E-state index in [9.17, 15) is 4.79 Å². The lowest BCUT2D eigenvalue weighted by atomic mass is 9.80. The Kier molecular flexibility index (Phi) is 3.45. The van der Waals surface area contributed by atoms with Crippen LogP contribution in [0.2, 0.25) is 5.22 Å². The van der Waals surface area contributed by atoms with Crippen LogP contribution >= 0.6 is 11.6 Å². The van der Waals surface area contributed by atoms with Gasteiger partial charge in [-0.1, -0.05) is 13.8 Å². The van der Waals surface area contributed by atoms with Gasteiger partial charge in [-0.05, 0) is 42.1 Å². The molecule has 4 nitrogen and oxygen atoms in total. The van der Waals surface area contributed by atoms with E-state index in [4.69, 9.17) is 16.0 Å². The smallest absolute Gasteiger partial charge is 0.287 e. The van der Waals surface area contributed by atoms with Crippen molar-refractivity contribution < 1.29 is 9.21 Å². The second-order valence-electron chi connectivity index (χ2n) is 5.08. The Labute approximate surface area is 106 Å². The zero-order valence-electron chi connectivity index (χ0n) is 10.0. The van der Waals surface area contributed by atoms with E-state index in [1.165, 1.54) is 0 Å². The van der Waals surface area contributed by atoms with Gasteiger partial charge in [-0.3, -0.25) is 4.79 Å². The maximum Gasteiger partial charge on any atom is 0.287 e. The van der Waals surface area contributed by atoms with Crippen molar-refractivity contribution in [1.82, 2.24) is 10.6 Å². The number of carbonyl (C=O) groups excluding carboxylic acids is 1. The Morgan fingerprint density at radius 2 is 2.35 bits per heavy atom.